The molecular weight excluding hydrogens is 446 g/mol. The number of carbonyl (C=O) groups is 2. The maximum atomic E-state index is 12.4. The molecule has 0 unspecified atom stereocenters. The summed E-state index contributed by atoms with van der Waals surface area (Å²) in [5.74, 6) is -0.981. The van der Waals surface area contributed by atoms with E-state index < -0.39 is 10.9 Å². The third kappa shape index (κ3) is 6.29. The first-order valence-corrected chi connectivity index (χ1v) is 10.9. The average molecular weight is 476 g/mol. The highest BCUT2D eigenvalue weighted by Crippen LogP contribution is 2.22. The first kappa shape index (κ1) is 25.1. The van der Waals surface area contributed by atoms with Crippen molar-refractivity contribution in [3.63, 3.8) is 0 Å². The summed E-state index contributed by atoms with van der Waals surface area (Å²) in [6.45, 7) is 8.91. The van der Waals surface area contributed by atoms with Crippen LogP contribution >= 0.6 is 0 Å². The summed E-state index contributed by atoms with van der Waals surface area (Å²) < 4.78 is 17.4. The molecule has 1 saturated heterocycles. The molecule has 12 heteroatoms. The van der Waals surface area contributed by atoms with Crippen LogP contribution in [0.25, 0.3) is 5.69 Å². The second-order valence-electron chi connectivity index (χ2n) is 8.26. The van der Waals surface area contributed by atoms with Gasteiger partial charge in [0.25, 0.3) is 11.6 Å². The van der Waals surface area contributed by atoms with Crippen molar-refractivity contribution in [2.75, 3.05) is 46.1 Å². The van der Waals surface area contributed by atoms with Crippen LogP contribution in [0.1, 0.15) is 31.3 Å². The van der Waals surface area contributed by atoms with Crippen LogP contribution in [0.2, 0.25) is 0 Å². The fourth-order valence-electron chi connectivity index (χ4n) is 3.45. The molecule has 34 heavy (non-hydrogen) atoms. The van der Waals surface area contributed by atoms with Gasteiger partial charge in [0.15, 0.2) is 12.4 Å². The Hall–Kier alpha value is -3.51. The van der Waals surface area contributed by atoms with Crippen LogP contribution in [-0.2, 0) is 14.3 Å². The molecule has 1 aromatic heterocycles. The molecule has 3 rings (SSSR count). The van der Waals surface area contributed by atoms with E-state index in [1.807, 2.05) is 13.8 Å². The molecule has 1 fully saturated rings. The molecule has 0 saturated carbocycles. The standard InChI is InChI=1S/C22H29N5O7/c1-4-33-21(29)20-18(13-26(24-20)16-5-7-17(8-6-16)27(30)31)34-14-19(28)23-15-22(2,3)25-9-11-32-12-10-25/h5-8,13H,4,9-12,14-15H2,1-3H3,(H,23,28). The summed E-state index contributed by atoms with van der Waals surface area (Å²) in [7, 11) is 0. The Balaban J connectivity index is 1.66. The highest BCUT2D eigenvalue weighted by molar-refractivity contribution is 5.90. The number of nitro benzene ring substituents is 1. The van der Waals surface area contributed by atoms with Crippen LogP contribution in [-0.4, -0.2) is 83.1 Å². The highest BCUT2D eigenvalue weighted by atomic mass is 16.6. The van der Waals surface area contributed by atoms with E-state index in [9.17, 15) is 19.7 Å². The Labute approximate surface area is 196 Å². The van der Waals surface area contributed by atoms with Crippen molar-refractivity contribution in [3.8, 4) is 11.4 Å². The number of nitrogens with zero attached hydrogens (tertiary/aromatic N) is 4. The van der Waals surface area contributed by atoms with Gasteiger partial charge in [-0.15, -0.1) is 0 Å². The van der Waals surface area contributed by atoms with Gasteiger partial charge in [-0.1, -0.05) is 0 Å². The van der Waals surface area contributed by atoms with Gasteiger partial charge < -0.3 is 19.5 Å². The molecule has 0 bridgehead atoms. The number of amides is 1. The van der Waals surface area contributed by atoms with Crippen molar-refractivity contribution in [1.82, 2.24) is 20.0 Å². The Morgan fingerprint density at radius 1 is 1.24 bits per heavy atom. The molecule has 12 nitrogen and oxygen atoms in total. The van der Waals surface area contributed by atoms with Crippen molar-refractivity contribution in [2.24, 2.45) is 0 Å². The molecule has 1 aromatic carbocycles. The van der Waals surface area contributed by atoms with Crippen molar-refractivity contribution in [1.29, 1.82) is 0 Å². The maximum absolute atomic E-state index is 12.4. The van der Waals surface area contributed by atoms with E-state index in [4.69, 9.17) is 14.2 Å². The SMILES string of the molecule is CCOC(=O)c1nn(-c2ccc([N+](=O)[O-])cc2)cc1OCC(=O)NCC(C)(C)N1CCOCC1. The summed E-state index contributed by atoms with van der Waals surface area (Å²) in [5.41, 5.74) is 0.0510. The van der Waals surface area contributed by atoms with Crippen LogP contribution in [0.5, 0.6) is 5.75 Å². The lowest BCUT2D eigenvalue weighted by Gasteiger charge is -2.40. The fraction of sp³-hybridized carbons (Fsp3) is 0.500. The molecule has 1 aliphatic rings. The van der Waals surface area contributed by atoms with Gasteiger partial charge in [0, 0.05) is 37.3 Å². The molecule has 1 aliphatic heterocycles. The highest BCUT2D eigenvalue weighted by Gasteiger charge is 2.29. The zero-order valence-electron chi connectivity index (χ0n) is 19.5. The first-order chi connectivity index (χ1) is 16.2. The summed E-state index contributed by atoms with van der Waals surface area (Å²) >= 11 is 0. The first-order valence-electron chi connectivity index (χ1n) is 10.9. The minimum absolute atomic E-state index is 0.0689. The van der Waals surface area contributed by atoms with Gasteiger partial charge in [0.2, 0.25) is 5.69 Å². The van der Waals surface area contributed by atoms with Gasteiger partial charge in [0.05, 0.1) is 36.6 Å². The largest absolute Gasteiger partial charge is 0.480 e. The zero-order chi connectivity index (χ0) is 24.7. The third-order valence-electron chi connectivity index (χ3n) is 5.42. The molecule has 1 amide bonds. The number of esters is 1. The average Bonchev–Trinajstić information content (AvgIpc) is 3.27. The second-order valence-corrected chi connectivity index (χ2v) is 8.26. The topological polar surface area (TPSA) is 138 Å². The summed E-state index contributed by atoms with van der Waals surface area (Å²) in [5, 5.41) is 17.9. The number of morpholine rings is 1. The van der Waals surface area contributed by atoms with Crippen molar-refractivity contribution in [3.05, 3.63) is 46.3 Å². The van der Waals surface area contributed by atoms with Gasteiger partial charge in [-0.05, 0) is 32.9 Å². The predicted octanol–water partition coefficient (Wildman–Crippen LogP) is 1.56. The summed E-state index contributed by atoms with van der Waals surface area (Å²) in [4.78, 5) is 37.4. The molecular formula is C22H29N5O7. The van der Waals surface area contributed by atoms with Crippen LogP contribution < -0.4 is 10.1 Å². The minimum atomic E-state index is -0.702. The van der Waals surface area contributed by atoms with E-state index in [0.717, 1.165) is 13.1 Å². The van der Waals surface area contributed by atoms with Crippen molar-refractivity contribution < 1.29 is 28.7 Å². The number of benzene rings is 1. The maximum Gasteiger partial charge on any atom is 0.362 e. The normalized spacial score (nSPS) is 14.4. The molecule has 1 N–H and O–H groups in total. The zero-order valence-corrected chi connectivity index (χ0v) is 19.5. The number of nitrogens with one attached hydrogen (secondary N) is 1. The summed E-state index contributed by atoms with van der Waals surface area (Å²) in [6, 6.07) is 5.63. The molecule has 0 radical (unpaired) electrons. The monoisotopic (exact) mass is 475 g/mol. The Morgan fingerprint density at radius 2 is 1.91 bits per heavy atom. The lowest BCUT2D eigenvalue weighted by atomic mass is 10.0. The van der Waals surface area contributed by atoms with Gasteiger partial charge in [0.1, 0.15) is 0 Å². The number of hydrogen-bond donors (Lipinski definition) is 1. The number of aromatic nitrogens is 2. The molecule has 2 heterocycles. The van der Waals surface area contributed by atoms with Gasteiger partial charge in [-0.2, -0.15) is 5.10 Å². The van der Waals surface area contributed by atoms with E-state index in [1.165, 1.54) is 35.1 Å². The molecule has 0 aliphatic carbocycles. The van der Waals surface area contributed by atoms with Crippen LogP contribution in [0.4, 0.5) is 5.69 Å². The van der Waals surface area contributed by atoms with Crippen LogP contribution in [0, 0.1) is 10.1 Å². The van der Waals surface area contributed by atoms with Crippen LogP contribution in [0.15, 0.2) is 30.5 Å². The van der Waals surface area contributed by atoms with E-state index in [1.54, 1.807) is 6.92 Å². The number of rotatable bonds is 10. The lowest BCUT2D eigenvalue weighted by molar-refractivity contribution is -0.384. The Morgan fingerprint density at radius 3 is 2.53 bits per heavy atom. The second kappa shape index (κ2) is 11.1. The quantitative estimate of drug-likeness (QED) is 0.308. The van der Waals surface area contributed by atoms with E-state index in [2.05, 4.69) is 15.3 Å². The molecule has 2 aromatic rings. The third-order valence-corrected chi connectivity index (χ3v) is 5.42. The van der Waals surface area contributed by atoms with Crippen molar-refractivity contribution >= 4 is 17.6 Å². The molecule has 0 atom stereocenters. The molecule has 0 spiro atoms. The van der Waals surface area contributed by atoms with E-state index >= 15 is 0 Å². The Bertz CT molecular complexity index is 1010. The van der Waals surface area contributed by atoms with Crippen LogP contribution in [0.3, 0.4) is 0 Å². The number of non-ortho nitro benzene ring substituents is 1. The fourth-order valence-corrected chi connectivity index (χ4v) is 3.45. The lowest BCUT2D eigenvalue weighted by Crippen LogP contribution is -2.55. The minimum Gasteiger partial charge on any atom is -0.480 e. The van der Waals surface area contributed by atoms with E-state index in [-0.39, 0.29) is 41.8 Å². The number of nitro groups is 1. The van der Waals surface area contributed by atoms with Crippen molar-refractivity contribution in [2.45, 2.75) is 26.3 Å². The number of ether oxygens (including phenoxy) is 3. The van der Waals surface area contributed by atoms with Gasteiger partial charge in [-0.25, -0.2) is 9.48 Å². The summed E-state index contributed by atoms with van der Waals surface area (Å²) in [6.07, 6.45) is 1.43. The number of carbonyl (C=O) groups excluding carboxylic acids is 2. The molecule has 184 valence electrons. The predicted molar refractivity (Wildman–Crippen MR) is 121 cm³/mol. The van der Waals surface area contributed by atoms with Gasteiger partial charge >= 0.3 is 5.97 Å². The number of hydrogen-bond acceptors (Lipinski definition) is 9. The van der Waals surface area contributed by atoms with Gasteiger partial charge in [-0.3, -0.25) is 19.8 Å². The Kier molecular flexibility index (Phi) is 8.18. The smallest absolute Gasteiger partial charge is 0.362 e. The van der Waals surface area contributed by atoms with E-state index in [0.29, 0.717) is 25.4 Å².